The predicted molar refractivity (Wildman–Crippen MR) is 87.0 cm³/mol. The maximum absolute atomic E-state index is 5.49. The summed E-state index contributed by atoms with van der Waals surface area (Å²) < 4.78 is 5.49. The van der Waals surface area contributed by atoms with E-state index in [1.54, 1.807) is 7.11 Å². The Labute approximate surface area is 128 Å². The number of methoxy groups -OCH3 is 1. The third-order valence-corrected chi connectivity index (χ3v) is 5.27. The van der Waals surface area contributed by atoms with E-state index in [2.05, 4.69) is 48.5 Å². The Kier molecular flexibility index (Phi) is 4.51. The van der Waals surface area contributed by atoms with Crippen molar-refractivity contribution in [3.05, 3.63) is 29.8 Å². The largest absolute Gasteiger partial charge is 0.496 e. The van der Waals surface area contributed by atoms with Crippen LogP contribution in [0.2, 0.25) is 0 Å². The number of nitrogens with zero attached hydrogens (tertiary/aromatic N) is 1. The van der Waals surface area contributed by atoms with E-state index < -0.39 is 0 Å². The van der Waals surface area contributed by atoms with Crippen molar-refractivity contribution in [2.24, 2.45) is 5.92 Å². The molecule has 21 heavy (non-hydrogen) atoms. The first-order valence-corrected chi connectivity index (χ1v) is 8.25. The summed E-state index contributed by atoms with van der Waals surface area (Å²) in [5.41, 5.74) is 1.38. The molecule has 0 aromatic heterocycles. The molecule has 1 aromatic rings. The first-order chi connectivity index (χ1) is 10.2. The average Bonchev–Trinajstić information content (AvgIpc) is 2.44. The van der Waals surface area contributed by atoms with E-state index in [0.717, 1.165) is 11.7 Å². The minimum absolute atomic E-state index is 0.667. The van der Waals surface area contributed by atoms with E-state index in [1.807, 2.05) is 0 Å². The van der Waals surface area contributed by atoms with Gasteiger partial charge in [0.15, 0.2) is 0 Å². The van der Waals surface area contributed by atoms with Crippen molar-refractivity contribution < 1.29 is 4.74 Å². The minimum Gasteiger partial charge on any atom is -0.496 e. The highest BCUT2D eigenvalue weighted by Gasteiger charge is 2.35. The lowest BCUT2D eigenvalue weighted by atomic mass is 9.74. The molecule has 1 N–H and O–H groups in total. The van der Waals surface area contributed by atoms with Gasteiger partial charge in [-0.05, 0) is 56.3 Å². The summed E-state index contributed by atoms with van der Waals surface area (Å²) in [5.74, 6) is 2.47. The third-order valence-electron chi connectivity index (χ3n) is 5.27. The minimum atomic E-state index is 0.667. The van der Waals surface area contributed by atoms with E-state index >= 15 is 0 Å². The lowest BCUT2D eigenvalue weighted by Crippen LogP contribution is -2.53. The molecule has 3 heteroatoms. The molecular formula is C18H28N2O. The molecule has 2 fully saturated rings. The van der Waals surface area contributed by atoms with Crippen LogP contribution in [0.5, 0.6) is 5.75 Å². The van der Waals surface area contributed by atoms with E-state index in [4.69, 9.17) is 4.74 Å². The molecule has 1 aliphatic heterocycles. The number of nitrogens with one attached hydrogen (secondary N) is 1. The molecule has 1 saturated carbocycles. The molecule has 2 unspecified atom stereocenters. The molecule has 116 valence electrons. The van der Waals surface area contributed by atoms with Crippen LogP contribution in [0.1, 0.15) is 37.7 Å². The summed E-state index contributed by atoms with van der Waals surface area (Å²) in [6.07, 6.45) is 3.78. The van der Waals surface area contributed by atoms with Crippen LogP contribution in [-0.2, 0) is 0 Å². The summed E-state index contributed by atoms with van der Waals surface area (Å²) in [6.45, 7) is 4.83. The van der Waals surface area contributed by atoms with Gasteiger partial charge in [-0.3, -0.25) is 0 Å². The quantitative estimate of drug-likeness (QED) is 0.922. The van der Waals surface area contributed by atoms with Crippen LogP contribution in [0.25, 0.3) is 0 Å². The second-order valence-electron chi connectivity index (χ2n) is 6.91. The Bertz CT molecular complexity index is 470. The number of ether oxygens (including phenoxy) is 1. The number of hydrogen-bond acceptors (Lipinski definition) is 3. The Hall–Kier alpha value is -1.06. The van der Waals surface area contributed by atoms with Gasteiger partial charge in [0.25, 0.3) is 0 Å². The van der Waals surface area contributed by atoms with Gasteiger partial charge in [-0.25, -0.2) is 0 Å². The first-order valence-electron chi connectivity index (χ1n) is 8.25. The summed E-state index contributed by atoms with van der Waals surface area (Å²) in [7, 11) is 4.00. The van der Waals surface area contributed by atoms with Crippen LogP contribution in [0.3, 0.4) is 0 Å². The summed E-state index contributed by atoms with van der Waals surface area (Å²) in [5, 5.41) is 3.90. The maximum atomic E-state index is 5.49. The highest BCUT2D eigenvalue weighted by Crippen LogP contribution is 2.41. The number of para-hydroxylation sites is 1. The van der Waals surface area contributed by atoms with Crippen molar-refractivity contribution >= 4 is 0 Å². The van der Waals surface area contributed by atoms with Crippen molar-refractivity contribution in [1.82, 2.24) is 10.2 Å². The van der Waals surface area contributed by atoms with Crippen LogP contribution >= 0.6 is 0 Å². The van der Waals surface area contributed by atoms with E-state index in [9.17, 15) is 0 Å². The lowest BCUT2D eigenvalue weighted by molar-refractivity contribution is 0.145. The van der Waals surface area contributed by atoms with Gasteiger partial charge >= 0.3 is 0 Å². The zero-order chi connectivity index (χ0) is 14.8. The fraction of sp³-hybridized carbons (Fsp3) is 0.667. The summed E-state index contributed by atoms with van der Waals surface area (Å²) >= 11 is 0. The zero-order valence-electron chi connectivity index (χ0n) is 13.5. The highest BCUT2D eigenvalue weighted by molar-refractivity contribution is 5.37. The first kappa shape index (κ1) is 14.9. The van der Waals surface area contributed by atoms with Crippen LogP contribution in [0.15, 0.2) is 24.3 Å². The molecule has 1 aromatic carbocycles. The number of likely N-dealkylation sites (tertiary alicyclic amines) is 1. The number of piperidine rings is 1. The number of hydrogen-bond donors (Lipinski definition) is 1. The van der Waals surface area contributed by atoms with Crippen molar-refractivity contribution in [3.63, 3.8) is 0 Å². The van der Waals surface area contributed by atoms with Crippen LogP contribution in [0, 0.1) is 5.92 Å². The molecule has 2 aliphatic rings. The topological polar surface area (TPSA) is 24.5 Å². The van der Waals surface area contributed by atoms with Crippen molar-refractivity contribution in [3.8, 4) is 5.75 Å². The van der Waals surface area contributed by atoms with Gasteiger partial charge in [0.05, 0.1) is 7.11 Å². The SMILES string of the molecule is COc1ccccc1C1CC(NC2CCN(C)CC2C)C1. The zero-order valence-corrected chi connectivity index (χ0v) is 13.5. The molecular weight excluding hydrogens is 260 g/mol. The fourth-order valence-electron chi connectivity index (χ4n) is 3.92. The Balaban J connectivity index is 1.52. The molecule has 1 heterocycles. The smallest absolute Gasteiger partial charge is 0.122 e. The van der Waals surface area contributed by atoms with E-state index in [0.29, 0.717) is 18.0 Å². The average molecular weight is 288 g/mol. The van der Waals surface area contributed by atoms with Crippen LogP contribution in [0.4, 0.5) is 0 Å². The standard InChI is InChI=1S/C18H28N2O/c1-13-12-20(2)9-8-17(13)19-15-10-14(11-15)16-6-4-5-7-18(16)21-3/h4-7,13-15,17,19H,8-12H2,1-3H3. The fourth-order valence-corrected chi connectivity index (χ4v) is 3.92. The maximum Gasteiger partial charge on any atom is 0.122 e. The van der Waals surface area contributed by atoms with Gasteiger partial charge < -0.3 is 15.0 Å². The molecule has 3 rings (SSSR count). The monoisotopic (exact) mass is 288 g/mol. The van der Waals surface area contributed by atoms with E-state index in [1.165, 1.54) is 37.9 Å². The van der Waals surface area contributed by atoms with Crippen LogP contribution < -0.4 is 10.1 Å². The van der Waals surface area contributed by atoms with E-state index in [-0.39, 0.29) is 0 Å². The predicted octanol–water partition coefficient (Wildman–Crippen LogP) is 2.87. The summed E-state index contributed by atoms with van der Waals surface area (Å²) in [4.78, 5) is 2.45. The Morgan fingerprint density at radius 3 is 2.71 bits per heavy atom. The van der Waals surface area contributed by atoms with Crippen LogP contribution in [-0.4, -0.2) is 44.2 Å². The molecule has 3 nitrogen and oxygen atoms in total. The Morgan fingerprint density at radius 1 is 1.24 bits per heavy atom. The van der Waals surface area contributed by atoms with Gasteiger partial charge in [0.1, 0.15) is 5.75 Å². The molecule has 1 aliphatic carbocycles. The molecule has 0 spiro atoms. The second-order valence-corrected chi connectivity index (χ2v) is 6.91. The van der Waals surface area contributed by atoms with Gasteiger partial charge in [-0.15, -0.1) is 0 Å². The molecule has 0 amide bonds. The van der Waals surface area contributed by atoms with Crippen molar-refractivity contribution in [2.45, 2.75) is 44.2 Å². The van der Waals surface area contributed by atoms with Crippen molar-refractivity contribution in [1.29, 1.82) is 0 Å². The normalized spacial score (nSPS) is 33.5. The molecule has 0 radical (unpaired) electrons. The second kappa shape index (κ2) is 6.37. The Morgan fingerprint density at radius 2 is 2.00 bits per heavy atom. The third kappa shape index (κ3) is 3.24. The van der Waals surface area contributed by atoms with Gasteiger partial charge in [0, 0.05) is 18.6 Å². The number of rotatable bonds is 4. The van der Waals surface area contributed by atoms with Gasteiger partial charge in [0.2, 0.25) is 0 Å². The highest BCUT2D eigenvalue weighted by atomic mass is 16.5. The molecule has 0 bridgehead atoms. The van der Waals surface area contributed by atoms with Crippen molar-refractivity contribution in [2.75, 3.05) is 27.2 Å². The van der Waals surface area contributed by atoms with Gasteiger partial charge in [-0.1, -0.05) is 25.1 Å². The molecule has 2 atom stereocenters. The summed E-state index contributed by atoms with van der Waals surface area (Å²) in [6, 6.07) is 9.86. The lowest BCUT2D eigenvalue weighted by Gasteiger charge is -2.43. The number of benzene rings is 1. The van der Waals surface area contributed by atoms with Gasteiger partial charge in [-0.2, -0.15) is 0 Å². The molecule has 1 saturated heterocycles.